The molecule has 1 aliphatic heterocycles. The van der Waals surface area contributed by atoms with Crippen LogP contribution in [0.4, 0.5) is 0 Å². The van der Waals surface area contributed by atoms with Gasteiger partial charge in [0.15, 0.2) is 0 Å². The molecule has 0 saturated carbocycles. The molecule has 3 rings (SSSR count). The van der Waals surface area contributed by atoms with E-state index in [1.54, 1.807) is 5.01 Å². The van der Waals surface area contributed by atoms with Crippen LogP contribution in [0, 0.1) is 16.7 Å². The Balaban J connectivity index is 1.92. The third kappa shape index (κ3) is 3.52. The van der Waals surface area contributed by atoms with Crippen molar-refractivity contribution in [3.05, 3.63) is 71.8 Å². The number of hydrazone groups is 1. The normalized spacial score (nSPS) is 17.3. The molecule has 0 radical (unpaired) electrons. The summed E-state index contributed by atoms with van der Waals surface area (Å²) in [5, 5.41) is 23.8. The molecule has 0 bridgehead atoms. The number of unbranched alkanes of at least 4 members (excludes halogenated alkanes) is 1. The smallest absolute Gasteiger partial charge is 0.125 e. The van der Waals surface area contributed by atoms with Gasteiger partial charge in [0.25, 0.3) is 0 Å². The lowest BCUT2D eigenvalue weighted by Gasteiger charge is -2.32. The van der Waals surface area contributed by atoms with Crippen molar-refractivity contribution in [2.75, 3.05) is 6.54 Å². The van der Waals surface area contributed by atoms with Gasteiger partial charge in [-0.05, 0) is 17.5 Å². The van der Waals surface area contributed by atoms with E-state index in [0.717, 1.165) is 23.3 Å². The first-order valence-electron chi connectivity index (χ1n) is 8.20. The molecule has 4 heteroatoms. The van der Waals surface area contributed by atoms with E-state index in [4.69, 9.17) is 15.8 Å². The van der Waals surface area contributed by atoms with Crippen LogP contribution < -0.4 is 0 Å². The molecule has 1 unspecified atom stereocenters. The highest BCUT2D eigenvalue weighted by atomic mass is 15.5. The fourth-order valence-corrected chi connectivity index (χ4v) is 2.96. The van der Waals surface area contributed by atoms with Crippen molar-refractivity contribution in [1.29, 1.82) is 10.7 Å². The van der Waals surface area contributed by atoms with E-state index in [0.29, 0.717) is 25.2 Å². The topological polar surface area (TPSA) is 63.2 Å². The van der Waals surface area contributed by atoms with E-state index >= 15 is 0 Å². The molecule has 0 amide bonds. The lowest BCUT2D eigenvalue weighted by molar-refractivity contribution is 0.406. The average Bonchev–Trinajstić information content (AvgIpc) is 2.65. The van der Waals surface area contributed by atoms with Crippen LogP contribution in [0.25, 0.3) is 0 Å². The van der Waals surface area contributed by atoms with Crippen LogP contribution in [0.15, 0.2) is 65.8 Å². The largest absolute Gasteiger partial charge is 0.286 e. The van der Waals surface area contributed by atoms with Crippen molar-refractivity contribution in [3.63, 3.8) is 0 Å². The number of nitriles is 1. The molecule has 4 nitrogen and oxygen atoms in total. The predicted molar refractivity (Wildman–Crippen MR) is 96.1 cm³/mol. The summed E-state index contributed by atoms with van der Waals surface area (Å²) in [6.45, 7) is 0.603. The molecular formula is C20H20N4. The summed E-state index contributed by atoms with van der Waals surface area (Å²) in [6, 6.07) is 22.4. The molecule has 2 aromatic rings. The van der Waals surface area contributed by atoms with Gasteiger partial charge in [0.2, 0.25) is 0 Å². The highest BCUT2D eigenvalue weighted by molar-refractivity contribution is 6.06. The van der Waals surface area contributed by atoms with Crippen LogP contribution in [-0.2, 0) is 0 Å². The van der Waals surface area contributed by atoms with Gasteiger partial charge in [0, 0.05) is 25.3 Å². The minimum atomic E-state index is 0.000918. The van der Waals surface area contributed by atoms with Gasteiger partial charge in [-0.3, -0.25) is 10.4 Å². The maximum atomic E-state index is 8.76. The van der Waals surface area contributed by atoms with Crippen LogP contribution in [0.3, 0.4) is 0 Å². The van der Waals surface area contributed by atoms with E-state index in [1.165, 1.54) is 0 Å². The Labute approximate surface area is 142 Å². The number of benzene rings is 2. The summed E-state index contributed by atoms with van der Waals surface area (Å²) in [7, 11) is 0. The molecule has 0 fully saturated rings. The van der Waals surface area contributed by atoms with Gasteiger partial charge in [-0.25, -0.2) is 0 Å². The number of nitrogens with zero attached hydrogens (tertiary/aromatic N) is 3. The minimum absolute atomic E-state index is 0.000918. The molecule has 0 saturated heterocycles. The molecule has 0 aromatic heterocycles. The highest BCUT2D eigenvalue weighted by Crippen LogP contribution is 2.29. The van der Waals surface area contributed by atoms with Crippen molar-refractivity contribution in [3.8, 4) is 6.07 Å². The number of hydrogen-bond donors (Lipinski definition) is 1. The van der Waals surface area contributed by atoms with Crippen molar-refractivity contribution < 1.29 is 0 Å². The summed E-state index contributed by atoms with van der Waals surface area (Å²) in [5.74, 6) is 0.514. The molecule has 1 aliphatic rings. The van der Waals surface area contributed by atoms with Gasteiger partial charge >= 0.3 is 0 Å². The second-order valence-electron chi connectivity index (χ2n) is 5.85. The molecular weight excluding hydrogens is 296 g/mol. The summed E-state index contributed by atoms with van der Waals surface area (Å²) >= 11 is 0. The van der Waals surface area contributed by atoms with Gasteiger partial charge in [0.1, 0.15) is 5.84 Å². The third-order valence-corrected chi connectivity index (χ3v) is 4.21. The maximum Gasteiger partial charge on any atom is 0.125 e. The Hall–Kier alpha value is -2.93. The molecule has 1 N–H and O–H groups in total. The predicted octanol–water partition coefficient (Wildman–Crippen LogP) is 4.16. The standard InChI is InChI=1S/C20H20N4/c21-13-7-8-14-24-20(22)18(16-9-3-1-4-10-16)15-19(23-24)17-11-5-2-6-12-17/h1-6,9-12,18,22H,7-8,14-15H2. The SMILES string of the molecule is N#CCCCN1N=C(c2ccccc2)CC(c2ccccc2)C1=N. The highest BCUT2D eigenvalue weighted by Gasteiger charge is 2.29. The van der Waals surface area contributed by atoms with Crippen LogP contribution >= 0.6 is 0 Å². The van der Waals surface area contributed by atoms with Gasteiger partial charge in [0.05, 0.1) is 11.8 Å². The average molecular weight is 316 g/mol. The van der Waals surface area contributed by atoms with Crippen LogP contribution in [0.1, 0.15) is 36.3 Å². The summed E-state index contributed by atoms with van der Waals surface area (Å²) in [5.41, 5.74) is 3.23. The number of amidine groups is 1. The van der Waals surface area contributed by atoms with Crippen LogP contribution in [0.2, 0.25) is 0 Å². The molecule has 120 valence electrons. The molecule has 24 heavy (non-hydrogen) atoms. The summed E-state index contributed by atoms with van der Waals surface area (Å²) in [4.78, 5) is 0. The Kier molecular flexibility index (Phi) is 5.02. The number of hydrogen-bond acceptors (Lipinski definition) is 3. The van der Waals surface area contributed by atoms with E-state index in [9.17, 15) is 0 Å². The first kappa shape index (κ1) is 15.9. The van der Waals surface area contributed by atoms with E-state index in [1.807, 2.05) is 36.4 Å². The molecule has 2 aromatic carbocycles. The van der Waals surface area contributed by atoms with Gasteiger partial charge in [-0.1, -0.05) is 60.7 Å². The number of rotatable bonds is 5. The second-order valence-corrected chi connectivity index (χ2v) is 5.85. The molecule has 1 heterocycles. The Morgan fingerprint density at radius 3 is 2.42 bits per heavy atom. The van der Waals surface area contributed by atoms with Crippen molar-refractivity contribution in [2.24, 2.45) is 5.10 Å². The van der Waals surface area contributed by atoms with Crippen LogP contribution in [-0.4, -0.2) is 23.1 Å². The molecule has 0 aliphatic carbocycles. The Morgan fingerprint density at radius 1 is 1.08 bits per heavy atom. The van der Waals surface area contributed by atoms with Crippen molar-refractivity contribution in [1.82, 2.24) is 5.01 Å². The van der Waals surface area contributed by atoms with E-state index < -0.39 is 0 Å². The van der Waals surface area contributed by atoms with Crippen molar-refractivity contribution >= 4 is 11.5 Å². The lowest BCUT2D eigenvalue weighted by Crippen LogP contribution is -2.37. The van der Waals surface area contributed by atoms with Gasteiger partial charge in [-0.15, -0.1) is 0 Å². The Morgan fingerprint density at radius 2 is 1.75 bits per heavy atom. The third-order valence-electron chi connectivity index (χ3n) is 4.21. The maximum absolute atomic E-state index is 8.76. The zero-order valence-electron chi connectivity index (χ0n) is 13.5. The Bertz CT molecular complexity index is 759. The zero-order chi connectivity index (χ0) is 16.8. The zero-order valence-corrected chi connectivity index (χ0v) is 13.5. The van der Waals surface area contributed by atoms with Crippen LogP contribution in [0.5, 0.6) is 0 Å². The van der Waals surface area contributed by atoms with Crippen molar-refractivity contribution in [2.45, 2.75) is 25.2 Å². The van der Waals surface area contributed by atoms with Gasteiger partial charge in [-0.2, -0.15) is 10.4 Å². The monoisotopic (exact) mass is 316 g/mol. The second kappa shape index (κ2) is 7.56. The summed E-state index contributed by atoms with van der Waals surface area (Å²) < 4.78 is 0. The number of nitrogens with one attached hydrogen (secondary N) is 1. The minimum Gasteiger partial charge on any atom is -0.286 e. The first-order chi connectivity index (χ1) is 11.8. The van der Waals surface area contributed by atoms with E-state index in [2.05, 4.69) is 30.3 Å². The molecule has 1 atom stereocenters. The first-order valence-corrected chi connectivity index (χ1v) is 8.20. The van der Waals surface area contributed by atoms with E-state index in [-0.39, 0.29) is 5.92 Å². The fourth-order valence-electron chi connectivity index (χ4n) is 2.96. The quantitative estimate of drug-likeness (QED) is 0.842. The van der Waals surface area contributed by atoms with Gasteiger partial charge < -0.3 is 0 Å². The lowest BCUT2D eigenvalue weighted by atomic mass is 9.88. The molecule has 0 spiro atoms. The summed E-state index contributed by atoms with van der Waals surface area (Å²) in [6.07, 6.45) is 1.92. The fraction of sp³-hybridized carbons (Fsp3) is 0.250.